The van der Waals surface area contributed by atoms with Crippen molar-refractivity contribution in [3.8, 4) is 0 Å². The van der Waals surface area contributed by atoms with Crippen LogP contribution in [0.25, 0.3) is 0 Å². The van der Waals surface area contributed by atoms with E-state index >= 15 is 0 Å². The van der Waals surface area contributed by atoms with Gasteiger partial charge in [-0.2, -0.15) is 0 Å². The van der Waals surface area contributed by atoms with Crippen LogP contribution in [-0.2, 0) is 6.42 Å². The SMILES string of the molecule is CCc1cc(C(=O)Nc2cccc(Br)c2)ncn1. The molecule has 92 valence electrons. The third-order valence-electron chi connectivity index (χ3n) is 2.40. The maximum atomic E-state index is 12.0. The monoisotopic (exact) mass is 305 g/mol. The fourth-order valence-corrected chi connectivity index (χ4v) is 1.88. The Bertz CT molecular complexity index is 572. The molecule has 1 N–H and O–H groups in total. The summed E-state index contributed by atoms with van der Waals surface area (Å²) in [4.78, 5) is 20.0. The molecule has 0 atom stereocenters. The van der Waals surface area contributed by atoms with E-state index in [2.05, 4.69) is 31.2 Å². The Balaban J connectivity index is 2.16. The Labute approximate surface area is 114 Å². The summed E-state index contributed by atoms with van der Waals surface area (Å²) in [5.41, 5.74) is 1.96. The number of aromatic nitrogens is 2. The zero-order chi connectivity index (χ0) is 13.0. The lowest BCUT2D eigenvalue weighted by molar-refractivity contribution is 0.102. The van der Waals surface area contributed by atoms with Gasteiger partial charge in [0.05, 0.1) is 0 Å². The standard InChI is InChI=1S/C13H12BrN3O/c1-2-10-7-12(16-8-15-10)13(18)17-11-5-3-4-9(14)6-11/h3-8H,2H2,1H3,(H,17,18). The van der Waals surface area contributed by atoms with Gasteiger partial charge in [0.1, 0.15) is 12.0 Å². The summed E-state index contributed by atoms with van der Waals surface area (Å²) in [7, 11) is 0. The molecule has 0 unspecified atom stereocenters. The molecule has 0 aliphatic rings. The van der Waals surface area contributed by atoms with Crippen LogP contribution in [0.1, 0.15) is 23.1 Å². The Morgan fingerprint density at radius 3 is 2.89 bits per heavy atom. The number of amides is 1. The number of nitrogens with one attached hydrogen (secondary N) is 1. The molecule has 4 nitrogen and oxygen atoms in total. The summed E-state index contributed by atoms with van der Waals surface area (Å²) < 4.78 is 0.914. The predicted octanol–water partition coefficient (Wildman–Crippen LogP) is 3.05. The van der Waals surface area contributed by atoms with Gasteiger partial charge in [-0.15, -0.1) is 0 Å². The summed E-state index contributed by atoms with van der Waals surface area (Å²) in [6.45, 7) is 1.98. The van der Waals surface area contributed by atoms with Crippen LogP contribution in [0.4, 0.5) is 5.69 Å². The Morgan fingerprint density at radius 2 is 2.17 bits per heavy atom. The van der Waals surface area contributed by atoms with Crippen molar-refractivity contribution in [2.45, 2.75) is 13.3 Å². The summed E-state index contributed by atoms with van der Waals surface area (Å²) >= 11 is 3.35. The zero-order valence-corrected chi connectivity index (χ0v) is 11.4. The van der Waals surface area contributed by atoms with Gasteiger partial charge >= 0.3 is 0 Å². The first-order chi connectivity index (χ1) is 8.69. The highest BCUT2D eigenvalue weighted by Gasteiger charge is 2.08. The quantitative estimate of drug-likeness (QED) is 0.948. The van der Waals surface area contributed by atoms with Crippen LogP contribution < -0.4 is 5.32 Å². The number of carbonyl (C=O) groups excluding carboxylic acids is 1. The van der Waals surface area contributed by atoms with Crippen LogP contribution in [0.3, 0.4) is 0 Å². The van der Waals surface area contributed by atoms with E-state index in [-0.39, 0.29) is 5.91 Å². The van der Waals surface area contributed by atoms with Crippen LogP contribution in [0.15, 0.2) is 41.1 Å². The molecular formula is C13H12BrN3O. The van der Waals surface area contributed by atoms with E-state index in [1.54, 1.807) is 6.07 Å². The molecule has 2 rings (SSSR count). The number of hydrogen-bond acceptors (Lipinski definition) is 3. The van der Waals surface area contributed by atoms with E-state index in [9.17, 15) is 4.79 Å². The minimum Gasteiger partial charge on any atom is -0.321 e. The molecule has 1 aromatic heterocycles. The van der Waals surface area contributed by atoms with E-state index < -0.39 is 0 Å². The third kappa shape index (κ3) is 3.13. The topological polar surface area (TPSA) is 54.9 Å². The first kappa shape index (κ1) is 12.7. The summed E-state index contributed by atoms with van der Waals surface area (Å²) in [5.74, 6) is -0.231. The second-order valence-electron chi connectivity index (χ2n) is 3.71. The molecule has 5 heteroatoms. The lowest BCUT2D eigenvalue weighted by atomic mass is 10.2. The highest BCUT2D eigenvalue weighted by Crippen LogP contribution is 2.16. The van der Waals surface area contributed by atoms with E-state index in [0.29, 0.717) is 5.69 Å². The number of aryl methyl sites for hydroxylation is 1. The normalized spacial score (nSPS) is 10.1. The number of carbonyl (C=O) groups is 1. The molecule has 0 spiro atoms. The predicted molar refractivity (Wildman–Crippen MR) is 73.5 cm³/mol. The van der Waals surface area contributed by atoms with Crippen molar-refractivity contribution < 1.29 is 4.79 Å². The van der Waals surface area contributed by atoms with Gasteiger partial charge in [0.2, 0.25) is 0 Å². The lowest BCUT2D eigenvalue weighted by Crippen LogP contribution is -2.14. The summed E-state index contributed by atoms with van der Waals surface area (Å²) in [5, 5.41) is 2.79. The summed E-state index contributed by atoms with van der Waals surface area (Å²) in [6.07, 6.45) is 2.19. The molecule has 0 aliphatic heterocycles. The maximum Gasteiger partial charge on any atom is 0.274 e. The number of halogens is 1. The minimum absolute atomic E-state index is 0.231. The molecule has 0 bridgehead atoms. The minimum atomic E-state index is -0.231. The second-order valence-corrected chi connectivity index (χ2v) is 4.63. The molecule has 2 aromatic rings. The second kappa shape index (κ2) is 5.73. The van der Waals surface area contributed by atoms with Crippen LogP contribution in [0.2, 0.25) is 0 Å². The van der Waals surface area contributed by atoms with Gasteiger partial charge in [-0.05, 0) is 30.7 Å². The lowest BCUT2D eigenvalue weighted by Gasteiger charge is -2.05. The molecule has 1 aromatic carbocycles. The molecule has 0 fully saturated rings. The molecular weight excluding hydrogens is 294 g/mol. The number of rotatable bonds is 3. The van der Waals surface area contributed by atoms with Crippen molar-refractivity contribution in [3.63, 3.8) is 0 Å². The van der Waals surface area contributed by atoms with Crippen molar-refractivity contribution in [1.82, 2.24) is 9.97 Å². The number of hydrogen-bond donors (Lipinski definition) is 1. The van der Waals surface area contributed by atoms with Gasteiger partial charge in [-0.1, -0.05) is 28.9 Å². The van der Waals surface area contributed by atoms with E-state index in [1.807, 2.05) is 31.2 Å². The highest BCUT2D eigenvalue weighted by atomic mass is 79.9. The van der Waals surface area contributed by atoms with Crippen molar-refractivity contribution in [2.24, 2.45) is 0 Å². The number of anilines is 1. The van der Waals surface area contributed by atoms with Gasteiger partial charge in [0.15, 0.2) is 0 Å². The van der Waals surface area contributed by atoms with Crippen molar-refractivity contribution in [3.05, 3.63) is 52.5 Å². The van der Waals surface area contributed by atoms with Crippen molar-refractivity contribution >= 4 is 27.5 Å². The Hall–Kier alpha value is -1.75. The number of nitrogens with zero attached hydrogens (tertiary/aromatic N) is 2. The Morgan fingerprint density at radius 1 is 1.33 bits per heavy atom. The third-order valence-corrected chi connectivity index (χ3v) is 2.89. The maximum absolute atomic E-state index is 12.0. The fourth-order valence-electron chi connectivity index (χ4n) is 1.48. The van der Waals surface area contributed by atoms with Crippen molar-refractivity contribution in [2.75, 3.05) is 5.32 Å². The van der Waals surface area contributed by atoms with E-state index in [4.69, 9.17) is 0 Å². The molecule has 1 heterocycles. The van der Waals surface area contributed by atoms with Crippen molar-refractivity contribution in [1.29, 1.82) is 0 Å². The zero-order valence-electron chi connectivity index (χ0n) is 9.85. The smallest absolute Gasteiger partial charge is 0.274 e. The molecule has 0 saturated carbocycles. The van der Waals surface area contributed by atoms with Gasteiger partial charge < -0.3 is 5.32 Å². The largest absolute Gasteiger partial charge is 0.321 e. The van der Waals surface area contributed by atoms with Gasteiger partial charge in [0, 0.05) is 15.9 Å². The van der Waals surface area contributed by atoms with Gasteiger partial charge in [0.25, 0.3) is 5.91 Å². The van der Waals surface area contributed by atoms with Gasteiger partial charge in [-0.25, -0.2) is 9.97 Å². The molecule has 0 saturated heterocycles. The van der Waals surface area contributed by atoms with E-state index in [1.165, 1.54) is 6.33 Å². The first-order valence-electron chi connectivity index (χ1n) is 5.57. The molecule has 1 amide bonds. The number of benzene rings is 1. The highest BCUT2D eigenvalue weighted by molar-refractivity contribution is 9.10. The molecule has 0 radical (unpaired) electrons. The fraction of sp³-hybridized carbons (Fsp3) is 0.154. The van der Waals surface area contributed by atoms with E-state index in [0.717, 1.165) is 22.3 Å². The molecule has 0 aliphatic carbocycles. The average Bonchev–Trinajstić information content (AvgIpc) is 2.39. The van der Waals surface area contributed by atoms with Crippen LogP contribution in [-0.4, -0.2) is 15.9 Å². The molecule has 18 heavy (non-hydrogen) atoms. The Kier molecular flexibility index (Phi) is 4.04. The average molecular weight is 306 g/mol. The van der Waals surface area contributed by atoms with Crippen LogP contribution in [0, 0.1) is 0 Å². The van der Waals surface area contributed by atoms with Crippen LogP contribution >= 0.6 is 15.9 Å². The summed E-state index contributed by atoms with van der Waals surface area (Å²) in [6, 6.07) is 9.12. The van der Waals surface area contributed by atoms with Gasteiger partial charge in [-0.3, -0.25) is 4.79 Å². The van der Waals surface area contributed by atoms with Crippen LogP contribution in [0.5, 0.6) is 0 Å². The first-order valence-corrected chi connectivity index (χ1v) is 6.36.